The fourth-order valence-corrected chi connectivity index (χ4v) is 5.08. The van der Waals surface area contributed by atoms with Crippen molar-refractivity contribution >= 4 is 17.6 Å². The summed E-state index contributed by atoms with van der Waals surface area (Å²) < 4.78 is 0. The summed E-state index contributed by atoms with van der Waals surface area (Å²) in [6.45, 7) is 31.8. The van der Waals surface area contributed by atoms with E-state index in [1.807, 2.05) is 38.1 Å². The van der Waals surface area contributed by atoms with E-state index in [0.29, 0.717) is 12.8 Å². The summed E-state index contributed by atoms with van der Waals surface area (Å²) in [6, 6.07) is 8.59. The van der Waals surface area contributed by atoms with Gasteiger partial charge in [-0.25, -0.2) is 0 Å². The molecule has 1 amide bonds. The zero-order valence-electron chi connectivity index (χ0n) is 27.6. The summed E-state index contributed by atoms with van der Waals surface area (Å²) in [6.07, 6.45) is 6.57. The standard InChI is InChI=1S/C37H54N2O2/c1-14-27(18-16-26-21-30(35(5,6)7)28(15-2)31(22-26)36(8,9)10)38-39-33(40)19-17-25-20-29(24(3)4)34(41)32(23-25)37(11,12)13/h14-15,20-23,38,41H,2-3,16-19H2,1,4-13H3,(H,39,40)/b27-14+. The SMILES string of the molecule is C=Cc1c(C(C)(C)C)cc(CC/C(=C\C)NNC(=O)CCc2cc(C(=C)C)c(O)c(C(C)(C)C)c2)cc1C(C)(C)C. The second-order valence-corrected chi connectivity index (χ2v) is 14.4. The van der Waals surface area contributed by atoms with Crippen LogP contribution in [-0.4, -0.2) is 11.0 Å². The number of aromatic hydroxyl groups is 1. The first-order chi connectivity index (χ1) is 18.8. The summed E-state index contributed by atoms with van der Waals surface area (Å²) >= 11 is 0. The number of carbonyl (C=O) groups excluding carboxylic acids is 1. The molecule has 0 saturated carbocycles. The molecule has 0 saturated heterocycles. The monoisotopic (exact) mass is 558 g/mol. The van der Waals surface area contributed by atoms with Crippen LogP contribution in [0.15, 0.2) is 49.2 Å². The van der Waals surface area contributed by atoms with E-state index in [4.69, 9.17) is 0 Å². The lowest BCUT2D eigenvalue weighted by atomic mass is 9.75. The van der Waals surface area contributed by atoms with Crippen molar-refractivity contribution < 1.29 is 9.90 Å². The van der Waals surface area contributed by atoms with E-state index in [1.54, 1.807) is 0 Å². The predicted octanol–water partition coefficient (Wildman–Crippen LogP) is 9.05. The molecule has 0 fully saturated rings. The molecule has 0 unspecified atom stereocenters. The molecule has 0 heterocycles. The average molecular weight is 559 g/mol. The van der Waals surface area contributed by atoms with Gasteiger partial charge in [0.2, 0.25) is 5.91 Å². The van der Waals surface area contributed by atoms with Crippen LogP contribution in [0, 0.1) is 0 Å². The number of hydrogen-bond donors (Lipinski definition) is 3. The van der Waals surface area contributed by atoms with Gasteiger partial charge in [-0.15, -0.1) is 0 Å². The van der Waals surface area contributed by atoms with E-state index < -0.39 is 0 Å². The molecule has 4 heteroatoms. The number of carbonyl (C=O) groups is 1. The molecule has 2 aromatic rings. The number of benzene rings is 2. The Labute approximate surface area is 250 Å². The van der Waals surface area contributed by atoms with Gasteiger partial charge < -0.3 is 10.5 Å². The van der Waals surface area contributed by atoms with E-state index in [2.05, 4.69) is 98.5 Å². The zero-order chi connectivity index (χ0) is 31.3. The highest BCUT2D eigenvalue weighted by atomic mass is 16.3. The van der Waals surface area contributed by atoms with Gasteiger partial charge in [0.05, 0.1) is 0 Å². The number of nitrogens with one attached hydrogen (secondary N) is 2. The fraction of sp³-hybridized carbons (Fsp3) is 0.486. The molecule has 0 radical (unpaired) electrons. The molecule has 41 heavy (non-hydrogen) atoms. The van der Waals surface area contributed by atoms with Crippen LogP contribution in [0.25, 0.3) is 11.6 Å². The smallest absolute Gasteiger partial charge is 0.238 e. The highest BCUT2D eigenvalue weighted by molar-refractivity contribution is 5.76. The minimum Gasteiger partial charge on any atom is -0.507 e. The number of phenolic OH excluding ortho intramolecular Hbond substituents is 1. The molecule has 3 N–H and O–H groups in total. The van der Waals surface area contributed by atoms with Gasteiger partial charge in [0.25, 0.3) is 0 Å². The van der Waals surface area contributed by atoms with E-state index in [-0.39, 0.29) is 27.9 Å². The predicted molar refractivity (Wildman–Crippen MR) is 177 cm³/mol. The zero-order valence-corrected chi connectivity index (χ0v) is 27.6. The van der Waals surface area contributed by atoms with Crippen LogP contribution in [-0.2, 0) is 33.9 Å². The molecule has 224 valence electrons. The summed E-state index contributed by atoms with van der Waals surface area (Å²) in [5, 5.41) is 10.8. The largest absolute Gasteiger partial charge is 0.507 e. The molecule has 0 bridgehead atoms. The van der Waals surface area contributed by atoms with Crippen molar-refractivity contribution in [1.29, 1.82) is 0 Å². The maximum Gasteiger partial charge on any atom is 0.238 e. The first-order valence-electron chi connectivity index (χ1n) is 14.8. The molecule has 0 aromatic heterocycles. The van der Waals surface area contributed by atoms with Crippen LogP contribution < -0.4 is 10.9 Å². The van der Waals surface area contributed by atoms with Crippen LogP contribution in [0.5, 0.6) is 5.75 Å². The number of amides is 1. The normalized spacial score (nSPS) is 12.7. The quantitative estimate of drug-likeness (QED) is 0.255. The Balaban J connectivity index is 2.11. The highest BCUT2D eigenvalue weighted by Gasteiger charge is 2.25. The number of allylic oxidation sites excluding steroid dienone is 3. The third kappa shape index (κ3) is 9.11. The van der Waals surface area contributed by atoms with Crippen molar-refractivity contribution in [3.63, 3.8) is 0 Å². The molecule has 0 aliphatic carbocycles. The van der Waals surface area contributed by atoms with Crippen LogP contribution in [0.2, 0.25) is 0 Å². The van der Waals surface area contributed by atoms with Crippen molar-refractivity contribution in [2.24, 2.45) is 0 Å². The summed E-state index contributed by atoms with van der Waals surface area (Å²) in [5.41, 5.74) is 15.4. The molecule has 2 rings (SSSR count). The van der Waals surface area contributed by atoms with Gasteiger partial charge in [0.15, 0.2) is 0 Å². The Morgan fingerprint density at radius 2 is 1.27 bits per heavy atom. The van der Waals surface area contributed by atoms with E-state index >= 15 is 0 Å². The first kappa shape index (κ1) is 33.9. The van der Waals surface area contributed by atoms with Crippen LogP contribution in [0.3, 0.4) is 0 Å². The first-order valence-corrected chi connectivity index (χ1v) is 14.8. The second-order valence-electron chi connectivity index (χ2n) is 14.4. The third-order valence-electron chi connectivity index (χ3n) is 7.53. The number of hydrogen-bond acceptors (Lipinski definition) is 3. The minimum absolute atomic E-state index is 0.00542. The maximum absolute atomic E-state index is 12.8. The van der Waals surface area contributed by atoms with Crippen LogP contribution >= 0.6 is 0 Å². The van der Waals surface area contributed by atoms with Crippen LogP contribution in [0.4, 0.5) is 0 Å². The lowest BCUT2D eigenvalue weighted by Crippen LogP contribution is -2.37. The summed E-state index contributed by atoms with van der Waals surface area (Å²) in [4.78, 5) is 12.8. The molecule has 0 spiro atoms. The van der Waals surface area contributed by atoms with Gasteiger partial charge in [-0.05, 0) is 88.8 Å². The number of rotatable bonds is 10. The van der Waals surface area contributed by atoms with E-state index in [0.717, 1.165) is 40.8 Å². The van der Waals surface area contributed by atoms with Gasteiger partial charge in [0.1, 0.15) is 5.75 Å². The van der Waals surface area contributed by atoms with Crippen molar-refractivity contribution in [3.05, 3.63) is 88.1 Å². The summed E-state index contributed by atoms with van der Waals surface area (Å²) in [5.74, 6) is 0.202. The molecular formula is C37H54N2O2. The molecular weight excluding hydrogens is 504 g/mol. The topological polar surface area (TPSA) is 61.4 Å². The minimum atomic E-state index is -0.220. The Hall–Kier alpha value is -3.27. The highest BCUT2D eigenvalue weighted by Crippen LogP contribution is 2.38. The maximum atomic E-state index is 12.8. The van der Waals surface area contributed by atoms with Gasteiger partial charge in [0, 0.05) is 23.2 Å². The van der Waals surface area contributed by atoms with Crippen molar-refractivity contribution in [3.8, 4) is 5.75 Å². The molecule has 2 aromatic carbocycles. The van der Waals surface area contributed by atoms with Crippen LogP contribution in [0.1, 0.15) is 128 Å². The number of aryl methyl sites for hydroxylation is 2. The number of hydrazine groups is 1. The fourth-order valence-electron chi connectivity index (χ4n) is 5.08. The Morgan fingerprint density at radius 1 is 0.805 bits per heavy atom. The van der Waals surface area contributed by atoms with E-state index in [9.17, 15) is 9.90 Å². The molecule has 0 atom stereocenters. The lowest BCUT2D eigenvalue weighted by molar-refractivity contribution is -0.121. The van der Waals surface area contributed by atoms with Crippen molar-refractivity contribution in [2.75, 3.05) is 0 Å². The van der Waals surface area contributed by atoms with Gasteiger partial charge in [-0.2, -0.15) is 0 Å². The molecule has 4 nitrogen and oxygen atoms in total. The Kier molecular flexibility index (Phi) is 10.9. The number of phenols is 1. The average Bonchev–Trinajstić information content (AvgIpc) is 2.85. The third-order valence-corrected chi connectivity index (χ3v) is 7.53. The molecule has 0 aliphatic heterocycles. The van der Waals surface area contributed by atoms with E-state index in [1.165, 1.54) is 22.3 Å². The second kappa shape index (κ2) is 13.1. The Bertz CT molecular complexity index is 1270. The van der Waals surface area contributed by atoms with Crippen molar-refractivity contribution in [2.45, 2.75) is 118 Å². The van der Waals surface area contributed by atoms with Gasteiger partial charge in [-0.3, -0.25) is 10.2 Å². The molecule has 0 aliphatic rings. The Morgan fingerprint density at radius 3 is 1.71 bits per heavy atom. The van der Waals surface area contributed by atoms with Gasteiger partial charge in [-0.1, -0.05) is 106 Å². The van der Waals surface area contributed by atoms with Crippen molar-refractivity contribution in [1.82, 2.24) is 10.9 Å². The van der Waals surface area contributed by atoms with Gasteiger partial charge >= 0.3 is 0 Å². The summed E-state index contributed by atoms with van der Waals surface area (Å²) in [7, 11) is 0. The lowest BCUT2D eigenvalue weighted by Gasteiger charge is -2.30.